The normalized spacial score (nSPS) is 19.7. The Bertz CT molecular complexity index is 395. The molecule has 1 aromatic heterocycles. The fourth-order valence-electron chi connectivity index (χ4n) is 2.29. The first-order chi connectivity index (χ1) is 9.29. The molecule has 0 aromatic carbocycles. The Labute approximate surface area is 113 Å². The van der Waals surface area contributed by atoms with Gasteiger partial charge >= 0.3 is 6.09 Å². The topological polar surface area (TPSA) is 63.5 Å². The summed E-state index contributed by atoms with van der Waals surface area (Å²) in [6, 6.07) is 4.21. The molecule has 106 valence electrons. The number of furan rings is 1. The summed E-state index contributed by atoms with van der Waals surface area (Å²) >= 11 is 0. The third-order valence-electron chi connectivity index (χ3n) is 3.27. The number of carbonyl (C=O) groups excluding carboxylic acids is 1. The first-order valence-corrected chi connectivity index (χ1v) is 7.02. The molecule has 0 saturated carbocycles. The minimum Gasteiger partial charge on any atom is -0.463 e. The molecule has 1 unspecified atom stereocenters. The summed E-state index contributed by atoms with van der Waals surface area (Å²) in [5.74, 6) is 1.72. The van der Waals surface area contributed by atoms with E-state index in [1.165, 1.54) is 19.3 Å². The second kappa shape index (κ2) is 7.19. The van der Waals surface area contributed by atoms with Gasteiger partial charge in [0, 0.05) is 0 Å². The van der Waals surface area contributed by atoms with Gasteiger partial charge in [-0.15, -0.1) is 0 Å². The van der Waals surface area contributed by atoms with Crippen molar-refractivity contribution >= 4 is 6.09 Å². The Morgan fingerprint density at radius 2 is 2.37 bits per heavy atom. The average molecular weight is 266 g/mol. The highest BCUT2D eigenvalue weighted by molar-refractivity contribution is 5.66. The predicted molar refractivity (Wildman–Crippen MR) is 71.8 cm³/mol. The summed E-state index contributed by atoms with van der Waals surface area (Å²) in [6.45, 7) is 3.57. The van der Waals surface area contributed by atoms with E-state index in [1.807, 2.05) is 12.1 Å². The van der Waals surface area contributed by atoms with Crippen molar-refractivity contribution < 1.29 is 13.9 Å². The first-order valence-electron chi connectivity index (χ1n) is 7.02. The van der Waals surface area contributed by atoms with Crippen molar-refractivity contribution in [1.29, 1.82) is 0 Å². The van der Waals surface area contributed by atoms with E-state index in [1.54, 1.807) is 6.92 Å². The van der Waals surface area contributed by atoms with Crippen LogP contribution in [0.5, 0.6) is 0 Å². The highest BCUT2D eigenvalue weighted by Gasteiger charge is 2.17. The zero-order valence-corrected chi connectivity index (χ0v) is 11.4. The van der Waals surface area contributed by atoms with Gasteiger partial charge in [0.1, 0.15) is 11.5 Å². The lowest BCUT2D eigenvalue weighted by molar-refractivity contribution is 0.150. The molecule has 0 radical (unpaired) electrons. The molecule has 0 aliphatic carbocycles. The number of ether oxygens (including phenoxy) is 1. The van der Waals surface area contributed by atoms with E-state index in [-0.39, 0.29) is 0 Å². The lowest BCUT2D eigenvalue weighted by Gasteiger charge is -2.12. The standard InChI is InChI=1S/C14H22N2O3/c1-2-18-14(17)16-10-11-7-8-13(19-11)12-6-4-3-5-9-15-12/h7-8,12,15H,2-6,9-10H2,1H3,(H,16,17). The molecular weight excluding hydrogens is 244 g/mol. The average Bonchev–Trinajstić information content (AvgIpc) is 2.71. The van der Waals surface area contributed by atoms with Crippen LogP contribution in [0.15, 0.2) is 16.5 Å². The van der Waals surface area contributed by atoms with Crippen molar-refractivity contribution in [1.82, 2.24) is 10.6 Å². The minimum absolute atomic E-state index is 0.304. The zero-order chi connectivity index (χ0) is 13.5. The number of carbonyl (C=O) groups is 1. The van der Waals surface area contributed by atoms with Crippen LogP contribution in [0.25, 0.3) is 0 Å². The molecule has 5 nitrogen and oxygen atoms in total. The van der Waals surface area contributed by atoms with E-state index in [0.717, 1.165) is 24.5 Å². The fraction of sp³-hybridized carbons (Fsp3) is 0.643. The molecule has 1 aliphatic heterocycles. The van der Waals surface area contributed by atoms with Gasteiger partial charge in [-0.3, -0.25) is 0 Å². The maximum Gasteiger partial charge on any atom is 0.407 e. The molecule has 2 rings (SSSR count). The molecule has 5 heteroatoms. The van der Waals surface area contributed by atoms with Crippen molar-refractivity contribution in [3.8, 4) is 0 Å². The van der Waals surface area contributed by atoms with Gasteiger partial charge in [0.05, 0.1) is 19.2 Å². The molecule has 0 spiro atoms. The number of nitrogens with one attached hydrogen (secondary N) is 2. The molecule has 2 N–H and O–H groups in total. The maximum absolute atomic E-state index is 11.2. The Morgan fingerprint density at radius 1 is 1.47 bits per heavy atom. The summed E-state index contributed by atoms with van der Waals surface area (Å²) in [5.41, 5.74) is 0. The van der Waals surface area contributed by atoms with Crippen LogP contribution in [0.1, 0.15) is 50.2 Å². The highest BCUT2D eigenvalue weighted by Crippen LogP contribution is 2.24. The molecule has 1 aromatic rings. The van der Waals surface area contributed by atoms with Crippen LogP contribution in [0.4, 0.5) is 4.79 Å². The van der Waals surface area contributed by atoms with Gasteiger partial charge in [0.15, 0.2) is 0 Å². The SMILES string of the molecule is CCOC(=O)NCc1ccc(C2CCCCCN2)o1. The van der Waals surface area contributed by atoms with Gasteiger partial charge in [-0.05, 0) is 38.4 Å². The molecule has 2 heterocycles. The van der Waals surface area contributed by atoms with Crippen molar-refractivity contribution in [2.45, 2.75) is 45.2 Å². The number of rotatable bonds is 4. The molecule has 1 atom stereocenters. The minimum atomic E-state index is -0.409. The second-order valence-electron chi connectivity index (χ2n) is 4.73. The number of hydrogen-bond donors (Lipinski definition) is 2. The molecule has 0 bridgehead atoms. The third kappa shape index (κ3) is 4.28. The smallest absolute Gasteiger partial charge is 0.407 e. The van der Waals surface area contributed by atoms with Crippen LogP contribution in [0.3, 0.4) is 0 Å². The monoisotopic (exact) mass is 266 g/mol. The summed E-state index contributed by atoms with van der Waals surface area (Å²) < 4.78 is 10.6. The lowest BCUT2D eigenvalue weighted by Crippen LogP contribution is -2.23. The summed E-state index contributed by atoms with van der Waals surface area (Å²) in [5, 5.41) is 6.14. The Hall–Kier alpha value is -1.49. The van der Waals surface area contributed by atoms with Gasteiger partial charge in [-0.25, -0.2) is 4.79 Å². The molecule has 19 heavy (non-hydrogen) atoms. The van der Waals surface area contributed by atoms with Crippen LogP contribution >= 0.6 is 0 Å². The van der Waals surface area contributed by atoms with Crippen molar-refractivity contribution in [3.63, 3.8) is 0 Å². The fourth-order valence-corrected chi connectivity index (χ4v) is 2.29. The molecule has 1 amide bonds. The van der Waals surface area contributed by atoms with E-state index in [0.29, 0.717) is 19.2 Å². The van der Waals surface area contributed by atoms with Gasteiger partial charge in [0.25, 0.3) is 0 Å². The summed E-state index contributed by atoms with van der Waals surface area (Å²) in [4.78, 5) is 11.2. The summed E-state index contributed by atoms with van der Waals surface area (Å²) in [6.07, 6.45) is 4.44. The van der Waals surface area contributed by atoms with E-state index in [9.17, 15) is 4.79 Å². The molecule has 1 fully saturated rings. The zero-order valence-electron chi connectivity index (χ0n) is 11.4. The lowest BCUT2D eigenvalue weighted by atomic mass is 10.1. The van der Waals surface area contributed by atoms with Gasteiger partial charge in [-0.1, -0.05) is 12.8 Å². The van der Waals surface area contributed by atoms with E-state index >= 15 is 0 Å². The number of hydrogen-bond acceptors (Lipinski definition) is 4. The number of alkyl carbamates (subject to hydrolysis) is 1. The maximum atomic E-state index is 11.2. The molecule has 1 saturated heterocycles. The van der Waals surface area contributed by atoms with E-state index in [2.05, 4.69) is 10.6 Å². The van der Waals surface area contributed by atoms with E-state index in [4.69, 9.17) is 9.15 Å². The second-order valence-corrected chi connectivity index (χ2v) is 4.73. The van der Waals surface area contributed by atoms with Crippen LogP contribution in [0.2, 0.25) is 0 Å². The van der Waals surface area contributed by atoms with Crippen molar-refractivity contribution in [3.05, 3.63) is 23.7 Å². The third-order valence-corrected chi connectivity index (χ3v) is 3.27. The van der Waals surface area contributed by atoms with Crippen LogP contribution in [-0.4, -0.2) is 19.2 Å². The quantitative estimate of drug-likeness (QED) is 0.879. The van der Waals surface area contributed by atoms with Crippen LogP contribution in [-0.2, 0) is 11.3 Å². The van der Waals surface area contributed by atoms with Crippen molar-refractivity contribution in [2.75, 3.05) is 13.2 Å². The first kappa shape index (κ1) is 13.9. The number of amides is 1. The van der Waals surface area contributed by atoms with Gasteiger partial charge in [0.2, 0.25) is 0 Å². The van der Waals surface area contributed by atoms with Gasteiger partial charge < -0.3 is 19.8 Å². The summed E-state index contributed by atoms with van der Waals surface area (Å²) in [7, 11) is 0. The highest BCUT2D eigenvalue weighted by atomic mass is 16.5. The van der Waals surface area contributed by atoms with Crippen LogP contribution in [0, 0.1) is 0 Å². The van der Waals surface area contributed by atoms with Crippen LogP contribution < -0.4 is 10.6 Å². The Morgan fingerprint density at radius 3 is 3.21 bits per heavy atom. The van der Waals surface area contributed by atoms with Gasteiger partial charge in [-0.2, -0.15) is 0 Å². The van der Waals surface area contributed by atoms with Crippen molar-refractivity contribution in [2.24, 2.45) is 0 Å². The largest absolute Gasteiger partial charge is 0.463 e. The molecule has 1 aliphatic rings. The molecular formula is C14H22N2O3. The van der Waals surface area contributed by atoms with E-state index < -0.39 is 6.09 Å². The Kier molecular flexibility index (Phi) is 5.27. The Balaban J connectivity index is 1.85. The predicted octanol–water partition coefficient (Wildman–Crippen LogP) is 2.73.